The summed E-state index contributed by atoms with van der Waals surface area (Å²) >= 11 is 1.25. The third kappa shape index (κ3) is 5.05. The van der Waals surface area contributed by atoms with Crippen molar-refractivity contribution < 1.29 is 22.7 Å². The molecule has 0 N–H and O–H groups in total. The second-order valence-electron chi connectivity index (χ2n) is 7.37. The first-order valence-corrected chi connectivity index (χ1v) is 12.3. The molecule has 0 amide bonds. The molecule has 0 aliphatic carbocycles. The standard InChI is InChI=1S/C22H26N4O5S2/c1-14(27)15(2)32-22-24-23-21(16-8-7-9-18(12-16)33(28,29)25(3)4)26(22)19-13-17(30-5)10-11-20(19)31-6/h7-13,15H,1-6H3/t15-/m1/s1. The van der Waals surface area contributed by atoms with E-state index in [1.54, 1.807) is 62.1 Å². The molecular formula is C22H26N4O5S2. The maximum Gasteiger partial charge on any atom is 0.242 e. The van der Waals surface area contributed by atoms with Gasteiger partial charge in [-0.2, -0.15) is 0 Å². The Kier molecular flexibility index (Phi) is 7.45. The monoisotopic (exact) mass is 490 g/mol. The van der Waals surface area contributed by atoms with Crippen LogP contribution in [0, 0.1) is 0 Å². The van der Waals surface area contributed by atoms with E-state index < -0.39 is 10.0 Å². The topological polar surface area (TPSA) is 104 Å². The number of nitrogens with zero attached hydrogens (tertiary/aromatic N) is 4. The first-order chi connectivity index (χ1) is 15.6. The van der Waals surface area contributed by atoms with E-state index in [0.717, 1.165) is 4.31 Å². The molecule has 11 heteroatoms. The van der Waals surface area contributed by atoms with Crippen LogP contribution in [-0.4, -0.2) is 66.8 Å². The number of aromatic nitrogens is 3. The number of methoxy groups -OCH3 is 2. The minimum atomic E-state index is -3.65. The quantitative estimate of drug-likeness (QED) is 0.421. The normalized spacial score (nSPS) is 12.6. The van der Waals surface area contributed by atoms with Crippen molar-refractivity contribution in [2.24, 2.45) is 0 Å². The van der Waals surface area contributed by atoms with Crippen LogP contribution in [0.15, 0.2) is 52.5 Å². The summed E-state index contributed by atoms with van der Waals surface area (Å²) in [5, 5.41) is 8.76. The van der Waals surface area contributed by atoms with Gasteiger partial charge < -0.3 is 9.47 Å². The number of carbonyl (C=O) groups is 1. The van der Waals surface area contributed by atoms with E-state index >= 15 is 0 Å². The minimum absolute atomic E-state index is 0.00668. The summed E-state index contributed by atoms with van der Waals surface area (Å²) in [4.78, 5) is 12.0. The second kappa shape index (κ2) is 9.94. The van der Waals surface area contributed by atoms with Gasteiger partial charge in [0, 0.05) is 25.7 Å². The lowest BCUT2D eigenvalue weighted by Crippen LogP contribution is -2.22. The minimum Gasteiger partial charge on any atom is -0.497 e. The van der Waals surface area contributed by atoms with E-state index in [-0.39, 0.29) is 15.9 Å². The number of rotatable bonds is 9. The number of thioether (sulfide) groups is 1. The van der Waals surface area contributed by atoms with Crippen LogP contribution in [0.5, 0.6) is 11.5 Å². The number of carbonyl (C=O) groups excluding carboxylic acids is 1. The fourth-order valence-corrected chi connectivity index (χ4v) is 4.78. The number of Topliss-reactive ketones (excluding diaryl/α,β-unsaturated/α-hetero) is 1. The van der Waals surface area contributed by atoms with Crippen LogP contribution in [-0.2, 0) is 14.8 Å². The van der Waals surface area contributed by atoms with E-state index in [1.807, 2.05) is 0 Å². The summed E-state index contributed by atoms with van der Waals surface area (Å²) in [6.07, 6.45) is 0. The first-order valence-electron chi connectivity index (χ1n) is 9.98. The fraction of sp³-hybridized carbons (Fsp3) is 0.318. The Bertz CT molecular complexity index is 1270. The fourth-order valence-electron chi connectivity index (χ4n) is 2.97. The number of benzene rings is 2. The maximum absolute atomic E-state index is 12.7. The third-order valence-electron chi connectivity index (χ3n) is 4.99. The van der Waals surface area contributed by atoms with Gasteiger partial charge in [-0.15, -0.1) is 10.2 Å². The van der Waals surface area contributed by atoms with Crippen LogP contribution >= 0.6 is 11.8 Å². The molecule has 176 valence electrons. The molecule has 0 radical (unpaired) electrons. The van der Waals surface area contributed by atoms with E-state index in [1.165, 1.54) is 38.8 Å². The zero-order valence-corrected chi connectivity index (χ0v) is 20.9. The molecule has 1 atom stereocenters. The second-order valence-corrected chi connectivity index (χ2v) is 10.8. The Morgan fingerprint density at radius 1 is 1.09 bits per heavy atom. The van der Waals surface area contributed by atoms with Gasteiger partial charge in [0.15, 0.2) is 11.0 Å². The Morgan fingerprint density at radius 3 is 2.42 bits per heavy atom. The molecule has 1 aromatic heterocycles. The highest BCUT2D eigenvalue weighted by Gasteiger charge is 2.24. The highest BCUT2D eigenvalue weighted by Crippen LogP contribution is 2.36. The van der Waals surface area contributed by atoms with Crippen LogP contribution in [0.3, 0.4) is 0 Å². The van der Waals surface area contributed by atoms with Gasteiger partial charge in [0.25, 0.3) is 0 Å². The summed E-state index contributed by atoms with van der Waals surface area (Å²) in [5.41, 5.74) is 1.13. The summed E-state index contributed by atoms with van der Waals surface area (Å²) in [5.74, 6) is 1.51. The van der Waals surface area contributed by atoms with Crippen molar-refractivity contribution in [3.05, 3.63) is 42.5 Å². The van der Waals surface area contributed by atoms with Gasteiger partial charge in [-0.25, -0.2) is 12.7 Å². The average molecular weight is 491 g/mol. The molecule has 0 aliphatic heterocycles. The van der Waals surface area contributed by atoms with E-state index in [2.05, 4.69) is 10.2 Å². The molecule has 33 heavy (non-hydrogen) atoms. The van der Waals surface area contributed by atoms with Crippen molar-refractivity contribution >= 4 is 27.6 Å². The number of ketones is 1. The average Bonchev–Trinajstić information content (AvgIpc) is 3.21. The molecular weight excluding hydrogens is 464 g/mol. The van der Waals surface area contributed by atoms with Gasteiger partial charge in [-0.05, 0) is 38.1 Å². The molecule has 3 aromatic rings. The molecule has 1 heterocycles. The summed E-state index contributed by atoms with van der Waals surface area (Å²) in [6.45, 7) is 3.31. The zero-order valence-electron chi connectivity index (χ0n) is 19.3. The summed E-state index contributed by atoms with van der Waals surface area (Å²) in [6, 6.07) is 11.8. The Hall–Kier alpha value is -2.89. The molecule has 0 unspecified atom stereocenters. The molecule has 0 spiro atoms. The first kappa shape index (κ1) is 24.7. The predicted octanol–water partition coefficient (Wildman–Crippen LogP) is 3.27. The maximum atomic E-state index is 12.7. The van der Waals surface area contributed by atoms with Gasteiger partial charge in [-0.3, -0.25) is 9.36 Å². The van der Waals surface area contributed by atoms with Crippen molar-refractivity contribution in [1.82, 2.24) is 19.1 Å². The SMILES string of the molecule is COc1ccc(OC)c(-n2c(S[C@H](C)C(C)=O)nnc2-c2cccc(S(=O)(=O)N(C)C)c2)c1. The molecule has 3 rings (SSSR count). The largest absolute Gasteiger partial charge is 0.497 e. The Labute approximate surface area is 197 Å². The number of hydrogen-bond acceptors (Lipinski definition) is 8. The molecule has 0 fully saturated rings. The molecule has 0 saturated heterocycles. The third-order valence-corrected chi connectivity index (χ3v) is 7.96. The molecule has 0 saturated carbocycles. The van der Waals surface area contributed by atoms with Crippen molar-refractivity contribution in [3.8, 4) is 28.6 Å². The van der Waals surface area contributed by atoms with Crippen LogP contribution < -0.4 is 9.47 Å². The molecule has 0 aliphatic rings. The van der Waals surface area contributed by atoms with Crippen LogP contribution in [0.2, 0.25) is 0 Å². The van der Waals surface area contributed by atoms with Gasteiger partial charge >= 0.3 is 0 Å². The predicted molar refractivity (Wildman–Crippen MR) is 127 cm³/mol. The van der Waals surface area contributed by atoms with Crippen LogP contribution in [0.4, 0.5) is 0 Å². The van der Waals surface area contributed by atoms with Gasteiger partial charge in [0.2, 0.25) is 10.0 Å². The van der Waals surface area contributed by atoms with Crippen LogP contribution in [0.25, 0.3) is 17.1 Å². The summed E-state index contributed by atoms with van der Waals surface area (Å²) < 4.78 is 39.2. The zero-order chi connectivity index (χ0) is 24.3. The van der Waals surface area contributed by atoms with E-state index in [9.17, 15) is 13.2 Å². The van der Waals surface area contributed by atoms with E-state index in [4.69, 9.17) is 9.47 Å². The molecule has 9 nitrogen and oxygen atoms in total. The number of ether oxygens (including phenoxy) is 2. The van der Waals surface area contributed by atoms with Crippen molar-refractivity contribution in [3.63, 3.8) is 0 Å². The molecule has 0 bridgehead atoms. The Balaban J connectivity index is 2.27. The summed E-state index contributed by atoms with van der Waals surface area (Å²) in [7, 11) is 2.40. The van der Waals surface area contributed by atoms with Crippen molar-refractivity contribution in [2.75, 3.05) is 28.3 Å². The smallest absolute Gasteiger partial charge is 0.242 e. The van der Waals surface area contributed by atoms with E-state index in [0.29, 0.717) is 33.7 Å². The highest BCUT2D eigenvalue weighted by atomic mass is 32.2. The van der Waals surface area contributed by atoms with Crippen LogP contribution in [0.1, 0.15) is 13.8 Å². The lowest BCUT2D eigenvalue weighted by molar-refractivity contribution is -0.116. The lowest BCUT2D eigenvalue weighted by Gasteiger charge is -2.17. The van der Waals surface area contributed by atoms with Crippen molar-refractivity contribution in [1.29, 1.82) is 0 Å². The Morgan fingerprint density at radius 2 is 1.82 bits per heavy atom. The van der Waals surface area contributed by atoms with Crippen molar-refractivity contribution in [2.45, 2.75) is 29.1 Å². The highest BCUT2D eigenvalue weighted by molar-refractivity contribution is 8.00. The van der Waals surface area contributed by atoms with Gasteiger partial charge in [0.05, 0.1) is 30.1 Å². The number of hydrogen-bond donors (Lipinski definition) is 0. The van der Waals surface area contributed by atoms with Gasteiger partial charge in [0.1, 0.15) is 17.3 Å². The lowest BCUT2D eigenvalue weighted by atomic mass is 10.2. The number of sulfonamides is 1. The van der Waals surface area contributed by atoms with Gasteiger partial charge in [-0.1, -0.05) is 23.9 Å². The molecule has 2 aromatic carbocycles.